The van der Waals surface area contributed by atoms with Crippen LogP contribution in [0.1, 0.15) is 40.0 Å². The third kappa shape index (κ3) is 8.68. The third-order valence-corrected chi connectivity index (χ3v) is 3.38. The molecule has 2 N–H and O–H groups in total. The number of hydrogen-bond acceptors (Lipinski definition) is 3. The Hall–Kier alpha value is -1.13. The van der Waals surface area contributed by atoms with Gasteiger partial charge in [-0.2, -0.15) is 0 Å². The Bertz CT molecular complexity index is 381. The van der Waals surface area contributed by atoms with Crippen LogP contribution in [0.5, 0.6) is 5.75 Å². The van der Waals surface area contributed by atoms with Crippen LogP contribution in [0.2, 0.25) is 0 Å². The molecular weight excluding hydrogens is 269 g/mol. The number of ether oxygens (including phenoxy) is 1. The summed E-state index contributed by atoms with van der Waals surface area (Å²) in [7, 11) is 0. The van der Waals surface area contributed by atoms with Crippen LogP contribution in [0.4, 0.5) is 4.39 Å². The van der Waals surface area contributed by atoms with Gasteiger partial charge in [-0.15, -0.1) is 0 Å². The minimum Gasteiger partial charge on any atom is -0.491 e. The van der Waals surface area contributed by atoms with Crippen LogP contribution in [-0.4, -0.2) is 30.4 Å². The highest BCUT2D eigenvalue weighted by Gasteiger charge is 2.08. The van der Waals surface area contributed by atoms with Crippen molar-refractivity contribution in [1.29, 1.82) is 0 Å². The summed E-state index contributed by atoms with van der Waals surface area (Å²) < 4.78 is 18.1. The Kier molecular flexibility index (Phi) is 8.31. The molecule has 0 aliphatic rings. The third-order valence-electron chi connectivity index (χ3n) is 3.38. The molecule has 2 unspecified atom stereocenters. The molecule has 0 bridgehead atoms. The summed E-state index contributed by atoms with van der Waals surface area (Å²) in [5, 5.41) is 13.2. The van der Waals surface area contributed by atoms with Crippen LogP contribution < -0.4 is 10.1 Å². The number of halogens is 1. The van der Waals surface area contributed by atoms with Crippen LogP contribution in [-0.2, 0) is 0 Å². The van der Waals surface area contributed by atoms with Crippen molar-refractivity contribution in [2.24, 2.45) is 5.92 Å². The topological polar surface area (TPSA) is 41.5 Å². The molecule has 1 rings (SSSR count). The Morgan fingerprint density at radius 2 is 1.81 bits per heavy atom. The van der Waals surface area contributed by atoms with Gasteiger partial charge in [-0.3, -0.25) is 0 Å². The van der Waals surface area contributed by atoms with Crippen molar-refractivity contribution in [1.82, 2.24) is 5.32 Å². The van der Waals surface area contributed by atoms with Crippen molar-refractivity contribution in [2.75, 3.05) is 13.2 Å². The van der Waals surface area contributed by atoms with Crippen molar-refractivity contribution in [3.05, 3.63) is 30.1 Å². The van der Waals surface area contributed by atoms with Gasteiger partial charge in [0.25, 0.3) is 0 Å². The maximum Gasteiger partial charge on any atom is 0.123 e. The zero-order valence-electron chi connectivity index (χ0n) is 13.3. The molecule has 0 spiro atoms. The number of rotatable bonds is 10. The fraction of sp³-hybridized carbons (Fsp3) is 0.647. The number of aliphatic hydroxyl groups excluding tert-OH is 1. The van der Waals surface area contributed by atoms with E-state index in [0.29, 0.717) is 18.3 Å². The molecule has 0 aliphatic heterocycles. The lowest BCUT2D eigenvalue weighted by Crippen LogP contribution is -2.36. The molecule has 21 heavy (non-hydrogen) atoms. The molecule has 0 fully saturated rings. The minimum absolute atomic E-state index is 0.206. The van der Waals surface area contributed by atoms with Gasteiger partial charge >= 0.3 is 0 Å². The largest absolute Gasteiger partial charge is 0.491 e. The van der Waals surface area contributed by atoms with Crippen molar-refractivity contribution in [2.45, 2.75) is 52.2 Å². The first-order valence-corrected chi connectivity index (χ1v) is 7.77. The van der Waals surface area contributed by atoms with E-state index in [1.165, 1.54) is 25.0 Å². The summed E-state index contributed by atoms with van der Waals surface area (Å²) in [5.41, 5.74) is 0. The molecule has 0 saturated carbocycles. The lowest BCUT2D eigenvalue weighted by Gasteiger charge is -2.18. The summed E-state index contributed by atoms with van der Waals surface area (Å²) >= 11 is 0. The second kappa shape index (κ2) is 9.74. The molecule has 2 atom stereocenters. The standard InChI is InChI=1S/C17H28FNO2/c1-13(2)5-4-6-14(3)19-11-16(20)12-21-17-9-7-15(18)8-10-17/h7-10,13-14,16,19-20H,4-6,11-12H2,1-3H3. The highest BCUT2D eigenvalue weighted by atomic mass is 19.1. The zero-order valence-corrected chi connectivity index (χ0v) is 13.3. The fourth-order valence-electron chi connectivity index (χ4n) is 2.05. The summed E-state index contributed by atoms with van der Waals surface area (Å²) in [6, 6.07) is 6.20. The molecule has 0 amide bonds. The molecule has 120 valence electrons. The van der Waals surface area contributed by atoms with Gasteiger partial charge in [0.1, 0.15) is 24.3 Å². The van der Waals surface area contributed by atoms with Crippen LogP contribution in [0.25, 0.3) is 0 Å². The predicted molar refractivity (Wildman–Crippen MR) is 84.1 cm³/mol. The van der Waals surface area contributed by atoms with Gasteiger partial charge in [0.05, 0.1) is 0 Å². The summed E-state index contributed by atoms with van der Waals surface area (Å²) in [6.45, 7) is 7.30. The number of benzene rings is 1. The summed E-state index contributed by atoms with van der Waals surface area (Å²) in [6.07, 6.45) is 2.99. The van der Waals surface area contributed by atoms with Crippen molar-refractivity contribution < 1.29 is 14.2 Å². The summed E-state index contributed by atoms with van der Waals surface area (Å²) in [5.74, 6) is 1.02. The molecule has 4 heteroatoms. The van der Waals surface area contributed by atoms with Gasteiger partial charge in [0.2, 0.25) is 0 Å². The smallest absolute Gasteiger partial charge is 0.123 e. The first-order chi connectivity index (χ1) is 9.97. The van der Waals surface area contributed by atoms with E-state index in [1.807, 2.05) is 0 Å². The van der Waals surface area contributed by atoms with E-state index >= 15 is 0 Å². The van der Waals surface area contributed by atoms with Crippen molar-refractivity contribution in [3.63, 3.8) is 0 Å². The highest BCUT2D eigenvalue weighted by molar-refractivity contribution is 5.22. The molecule has 0 aliphatic carbocycles. The normalized spacial score (nSPS) is 14.2. The average molecular weight is 297 g/mol. The SMILES string of the molecule is CC(C)CCCC(C)NCC(O)COc1ccc(F)cc1. The van der Waals surface area contributed by atoms with Crippen LogP contribution >= 0.6 is 0 Å². The molecule has 3 nitrogen and oxygen atoms in total. The average Bonchev–Trinajstić information content (AvgIpc) is 2.44. The lowest BCUT2D eigenvalue weighted by atomic mass is 10.0. The van der Waals surface area contributed by atoms with Gasteiger partial charge in [-0.25, -0.2) is 4.39 Å². The maximum atomic E-state index is 12.7. The van der Waals surface area contributed by atoms with E-state index in [4.69, 9.17) is 4.74 Å². The summed E-state index contributed by atoms with van der Waals surface area (Å²) in [4.78, 5) is 0. The van der Waals surface area contributed by atoms with Crippen LogP contribution in [0.3, 0.4) is 0 Å². The van der Waals surface area contributed by atoms with E-state index in [9.17, 15) is 9.50 Å². The van der Waals surface area contributed by atoms with Crippen molar-refractivity contribution >= 4 is 0 Å². The van der Waals surface area contributed by atoms with E-state index in [-0.39, 0.29) is 12.4 Å². The Balaban J connectivity index is 2.12. The molecule has 0 aromatic heterocycles. The number of hydrogen-bond donors (Lipinski definition) is 2. The Labute approximate surface area is 127 Å². The lowest BCUT2D eigenvalue weighted by molar-refractivity contribution is 0.103. The first-order valence-electron chi connectivity index (χ1n) is 7.77. The quantitative estimate of drug-likeness (QED) is 0.696. The van der Waals surface area contributed by atoms with E-state index < -0.39 is 6.10 Å². The van der Waals surface area contributed by atoms with Crippen LogP contribution in [0.15, 0.2) is 24.3 Å². The van der Waals surface area contributed by atoms with E-state index in [1.54, 1.807) is 12.1 Å². The van der Waals surface area contributed by atoms with E-state index in [2.05, 4.69) is 26.1 Å². The molecule has 0 heterocycles. The molecule has 0 saturated heterocycles. The maximum absolute atomic E-state index is 12.7. The van der Waals surface area contributed by atoms with Gasteiger partial charge in [-0.05, 0) is 43.5 Å². The van der Waals surface area contributed by atoms with Gasteiger partial charge < -0.3 is 15.2 Å². The minimum atomic E-state index is -0.567. The number of nitrogens with one attached hydrogen (secondary N) is 1. The Morgan fingerprint density at radius 3 is 2.43 bits per heavy atom. The first kappa shape index (κ1) is 17.9. The van der Waals surface area contributed by atoms with E-state index in [0.717, 1.165) is 12.3 Å². The molecule has 0 radical (unpaired) electrons. The molecule has 1 aromatic rings. The molecule has 1 aromatic carbocycles. The highest BCUT2D eigenvalue weighted by Crippen LogP contribution is 2.11. The fourth-order valence-corrected chi connectivity index (χ4v) is 2.05. The molecular formula is C17H28FNO2. The van der Waals surface area contributed by atoms with Crippen molar-refractivity contribution in [3.8, 4) is 5.75 Å². The second-order valence-corrected chi connectivity index (χ2v) is 6.05. The Morgan fingerprint density at radius 1 is 1.14 bits per heavy atom. The van der Waals surface area contributed by atoms with Crippen LogP contribution in [0, 0.1) is 11.7 Å². The van der Waals surface area contributed by atoms with Gasteiger partial charge in [0, 0.05) is 12.6 Å². The second-order valence-electron chi connectivity index (χ2n) is 6.05. The van der Waals surface area contributed by atoms with Gasteiger partial charge in [0.15, 0.2) is 0 Å². The monoisotopic (exact) mass is 297 g/mol. The van der Waals surface area contributed by atoms with Gasteiger partial charge in [-0.1, -0.05) is 26.7 Å². The zero-order chi connectivity index (χ0) is 15.7. The predicted octanol–water partition coefficient (Wildman–Crippen LogP) is 3.37. The number of aliphatic hydroxyl groups is 1.